The number of anilines is 3. The Balaban J connectivity index is 0.00000304. The maximum Gasteiger partial charge on any atom is 0.0520 e. The van der Waals surface area contributed by atoms with Crippen molar-refractivity contribution in [3.05, 3.63) is 95.1 Å². The number of aromatic nitrogens is 3. The number of pyridine rings is 1. The van der Waals surface area contributed by atoms with Gasteiger partial charge < -0.3 is 19.9 Å². The molecule has 4 nitrogen and oxygen atoms in total. The van der Waals surface area contributed by atoms with Gasteiger partial charge in [0.15, 0.2) is 0 Å². The second-order valence-corrected chi connectivity index (χ2v) is 10.4. The van der Waals surface area contributed by atoms with E-state index in [-0.39, 0.29) is 25.5 Å². The fourth-order valence-corrected chi connectivity index (χ4v) is 4.84. The molecule has 0 saturated heterocycles. The van der Waals surface area contributed by atoms with Crippen molar-refractivity contribution in [3.63, 3.8) is 0 Å². The van der Waals surface area contributed by atoms with E-state index in [9.17, 15) is 0 Å². The van der Waals surface area contributed by atoms with Crippen molar-refractivity contribution < 1.29 is 20.1 Å². The average Bonchev–Trinajstić information content (AvgIpc) is 2.81. The van der Waals surface area contributed by atoms with Crippen LogP contribution in [0, 0.1) is 33.9 Å². The molecule has 0 spiro atoms. The number of aryl methyl sites for hydroxylation is 4. The van der Waals surface area contributed by atoms with Crippen molar-refractivity contribution in [2.75, 3.05) is 4.90 Å². The number of hydrogen-bond acceptors (Lipinski definition) is 4. The van der Waals surface area contributed by atoms with Crippen LogP contribution in [0.4, 0.5) is 17.1 Å². The summed E-state index contributed by atoms with van der Waals surface area (Å²) in [5, 5.41) is 1.90. The normalized spacial score (nSPS) is 11.5. The van der Waals surface area contributed by atoms with E-state index in [1.165, 1.54) is 33.6 Å². The monoisotopic (exact) mass is 652 g/mol. The Hall–Kier alpha value is -3.14. The second-order valence-electron chi connectivity index (χ2n) is 10.4. The van der Waals surface area contributed by atoms with Crippen molar-refractivity contribution in [1.29, 1.82) is 0 Å². The number of benzene rings is 3. The number of hydrogen-bond donors (Lipinski definition) is 0. The van der Waals surface area contributed by atoms with Crippen LogP contribution in [0.1, 0.15) is 48.8 Å². The number of rotatable bonds is 3. The molecule has 2 heterocycles. The minimum atomic E-state index is -0.142. The van der Waals surface area contributed by atoms with Gasteiger partial charge in [-0.25, -0.2) is 0 Å². The van der Waals surface area contributed by atoms with E-state index in [0.717, 1.165) is 33.3 Å². The number of para-hydroxylation sites is 2. The molecule has 0 aliphatic carbocycles. The molecule has 0 unspecified atom stereocenters. The molecule has 0 aliphatic rings. The van der Waals surface area contributed by atoms with Crippen molar-refractivity contribution >= 4 is 38.9 Å². The first-order chi connectivity index (χ1) is 16.7. The van der Waals surface area contributed by atoms with E-state index in [1.54, 1.807) is 0 Å². The van der Waals surface area contributed by atoms with Crippen LogP contribution >= 0.6 is 0 Å². The van der Waals surface area contributed by atoms with Gasteiger partial charge in [-0.05, 0) is 78.5 Å². The molecular formula is C31H31IrN4-. The third-order valence-electron chi connectivity index (χ3n) is 6.61. The smallest absolute Gasteiger partial charge is 0.0520 e. The van der Waals surface area contributed by atoms with E-state index in [1.807, 2.05) is 6.20 Å². The van der Waals surface area contributed by atoms with Crippen LogP contribution in [-0.2, 0) is 25.5 Å². The summed E-state index contributed by atoms with van der Waals surface area (Å²) in [5.74, 6) is 0.785. The predicted molar refractivity (Wildman–Crippen MR) is 146 cm³/mol. The molecule has 5 aromatic rings. The minimum Gasteiger partial charge on any atom is -0.338 e. The largest absolute Gasteiger partial charge is 0.338 e. The molecule has 0 saturated carbocycles. The SMILES string of the molecule is Cc1cccc(C)c1N(c1c(C)cccc1C)c1ccnc2c1ccc1nc(C(C)(C)C)n[c-]c12.[Ir]. The molecular weight excluding hydrogens is 621 g/mol. The van der Waals surface area contributed by atoms with Crippen molar-refractivity contribution in [3.8, 4) is 0 Å². The average molecular weight is 652 g/mol. The Bertz CT molecular complexity index is 1490. The Kier molecular flexibility index (Phi) is 7.01. The standard InChI is InChI=1S/C31H31N4.Ir/c1-19-10-8-11-20(2)28(19)35(29-21(3)12-9-13-22(29)4)26-16-17-32-27-23(26)14-15-25-24(27)18-33-30(34-25)31(5,6)7;/h8-17H,1-7H3;/q-1;. The number of fused-ring (bicyclic) bond motifs is 3. The van der Waals surface area contributed by atoms with Crippen LogP contribution in [0.5, 0.6) is 0 Å². The topological polar surface area (TPSA) is 41.9 Å². The van der Waals surface area contributed by atoms with Crippen molar-refractivity contribution in [2.45, 2.75) is 53.9 Å². The maximum atomic E-state index is 4.85. The van der Waals surface area contributed by atoms with Gasteiger partial charge in [-0.3, -0.25) is 0 Å². The molecule has 5 rings (SSSR count). The summed E-state index contributed by atoms with van der Waals surface area (Å²) in [5.41, 5.74) is 9.96. The summed E-state index contributed by atoms with van der Waals surface area (Å²) in [6.07, 6.45) is 5.15. The van der Waals surface area contributed by atoms with Crippen LogP contribution in [-0.4, -0.2) is 15.0 Å². The van der Waals surface area contributed by atoms with Gasteiger partial charge in [0.2, 0.25) is 0 Å². The molecule has 0 fully saturated rings. The molecule has 0 N–H and O–H groups in total. The van der Waals surface area contributed by atoms with Gasteiger partial charge >= 0.3 is 0 Å². The van der Waals surface area contributed by atoms with Gasteiger partial charge in [0.1, 0.15) is 0 Å². The quantitative estimate of drug-likeness (QED) is 0.147. The number of nitrogens with zero attached hydrogens (tertiary/aromatic N) is 4. The Morgan fingerprint density at radius 2 is 1.31 bits per heavy atom. The Morgan fingerprint density at radius 1 is 0.750 bits per heavy atom. The minimum absolute atomic E-state index is 0. The molecule has 5 heteroatoms. The molecule has 0 atom stereocenters. The summed E-state index contributed by atoms with van der Waals surface area (Å²) in [6.45, 7) is 15.1. The molecule has 2 aromatic heterocycles. The fourth-order valence-electron chi connectivity index (χ4n) is 4.84. The molecule has 0 bridgehead atoms. The van der Waals surface area contributed by atoms with Gasteiger partial charge in [-0.2, -0.15) is 0 Å². The summed E-state index contributed by atoms with van der Waals surface area (Å²) in [6, 6.07) is 19.3. The van der Waals surface area contributed by atoms with Crippen molar-refractivity contribution in [1.82, 2.24) is 15.0 Å². The molecule has 185 valence electrons. The molecule has 0 amide bonds. The first-order valence-corrected chi connectivity index (χ1v) is 12.1. The van der Waals surface area contributed by atoms with Crippen LogP contribution in [0.3, 0.4) is 0 Å². The zero-order valence-electron chi connectivity index (χ0n) is 21.9. The van der Waals surface area contributed by atoms with E-state index in [4.69, 9.17) is 9.97 Å². The van der Waals surface area contributed by atoms with Crippen LogP contribution < -0.4 is 4.90 Å². The third-order valence-corrected chi connectivity index (χ3v) is 6.61. The molecule has 1 radical (unpaired) electrons. The van der Waals surface area contributed by atoms with Gasteiger partial charge in [0, 0.05) is 43.3 Å². The van der Waals surface area contributed by atoms with Crippen LogP contribution in [0.15, 0.2) is 60.8 Å². The van der Waals surface area contributed by atoms with E-state index >= 15 is 0 Å². The summed E-state index contributed by atoms with van der Waals surface area (Å²) in [4.78, 5) is 16.6. The van der Waals surface area contributed by atoms with E-state index in [0.29, 0.717) is 0 Å². The van der Waals surface area contributed by atoms with Gasteiger partial charge in [0.25, 0.3) is 0 Å². The first-order valence-electron chi connectivity index (χ1n) is 12.1. The second kappa shape index (κ2) is 9.72. The zero-order chi connectivity index (χ0) is 24.9. The Morgan fingerprint density at radius 3 is 1.83 bits per heavy atom. The fraction of sp³-hybridized carbons (Fsp3) is 0.258. The zero-order valence-corrected chi connectivity index (χ0v) is 24.3. The molecule has 3 aromatic carbocycles. The molecule has 36 heavy (non-hydrogen) atoms. The van der Waals surface area contributed by atoms with Crippen LogP contribution in [0.2, 0.25) is 0 Å². The predicted octanol–water partition coefficient (Wildman–Crippen LogP) is 7.98. The summed E-state index contributed by atoms with van der Waals surface area (Å²) < 4.78 is 0. The molecule has 0 aliphatic heterocycles. The van der Waals surface area contributed by atoms with E-state index in [2.05, 4.69) is 119 Å². The van der Waals surface area contributed by atoms with Crippen LogP contribution in [0.25, 0.3) is 21.8 Å². The first kappa shape index (κ1) is 25.9. The third kappa shape index (κ3) is 4.42. The van der Waals surface area contributed by atoms with Gasteiger partial charge in [-0.1, -0.05) is 74.7 Å². The van der Waals surface area contributed by atoms with Gasteiger partial charge in [-0.15, -0.1) is 0 Å². The summed E-state index contributed by atoms with van der Waals surface area (Å²) in [7, 11) is 0. The Labute approximate surface area is 227 Å². The van der Waals surface area contributed by atoms with E-state index < -0.39 is 0 Å². The maximum absolute atomic E-state index is 4.85. The van der Waals surface area contributed by atoms with Crippen molar-refractivity contribution in [2.24, 2.45) is 0 Å². The van der Waals surface area contributed by atoms with Gasteiger partial charge in [0.05, 0.1) is 11.4 Å². The summed E-state index contributed by atoms with van der Waals surface area (Å²) >= 11 is 0.